The van der Waals surface area contributed by atoms with Crippen molar-refractivity contribution in [2.75, 3.05) is 26.2 Å². The highest BCUT2D eigenvalue weighted by Gasteiger charge is 2.39. The number of likely N-dealkylation sites (tertiary alicyclic amines) is 1. The zero-order valence-corrected chi connectivity index (χ0v) is 13.6. The maximum absolute atomic E-state index is 12.1. The van der Waals surface area contributed by atoms with E-state index < -0.39 is 5.60 Å². The molecule has 0 bridgehead atoms. The van der Waals surface area contributed by atoms with E-state index in [0.29, 0.717) is 12.1 Å². The largest absolute Gasteiger partial charge is 0.444 e. The van der Waals surface area contributed by atoms with E-state index in [9.17, 15) is 4.79 Å². The molecule has 3 aliphatic heterocycles. The topological polar surface area (TPSA) is 44.8 Å². The third-order valence-electron chi connectivity index (χ3n) is 4.90. The summed E-state index contributed by atoms with van der Waals surface area (Å²) in [5, 5.41) is 3.81. The number of carbonyl (C=O) groups is 1. The van der Waals surface area contributed by atoms with Crippen molar-refractivity contribution in [3.05, 3.63) is 0 Å². The van der Waals surface area contributed by atoms with Crippen LogP contribution in [0.2, 0.25) is 0 Å². The lowest BCUT2D eigenvalue weighted by atomic mass is 10.1. The second kappa shape index (κ2) is 5.76. The molecule has 3 atom stereocenters. The Bertz CT molecular complexity index is 393. The Labute approximate surface area is 128 Å². The molecule has 3 fully saturated rings. The molecule has 3 aliphatic rings. The fourth-order valence-electron chi connectivity index (χ4n) is 3.97. The van der Waals surface area contributed by atoms with Gasteiger partial charge in [0.05, 0.1) is 0 Å². The Morgan fingerprint density at radius 1 is 1.14 bits per heavy atom. The van der Waals surface area contributed by atoms with Crippen molar-refractivity contribution in [1.82, 2.24) is 15.1 Å². The Balaban J connectivity index is 1.47. The fraction of sp³-hybridized carbons (Fsp3) is 0.938. The van der Waals surface area contributed by atoms with Gasteiger partial charge in [0.1, 0.15) is 5.60 Å². The monoisotopic (exact) mass is 295 g/mol. The van der Waals surface area contributed by atoms with Crippen molar-refractivity contribution in [2.45, 2.75) is 70.2 Å². The van der Waals surface area contributed by atoms with Crippen molar-refractivity contribution in [1.29, 1.82) is 0 Å². The average molecular weight is 295 g/mol. The van der Waals surface area contributed by atoms with Crippen LogP contribution in [0.25, 0.3) is 0 Å². The van der Waals surface area contributed by atoms with E-state index in [4.69, 9.17) is 4.74 Å². The number of rotatable bonds is 2. The van der Waals surface area contributed by atoms with Gasteiger partial charge in [-0.25, -0.2) is 4.79 Å². The lowest BCUT2D eigenvalue weighted by Crippen LogP contribution is -2.46. The summed E-state index contributed by atoms with van der Waals surface area (Å²) in [7, 11) is 0. The molecule has 0 spiro atoms. The maximum atomic E-state index is 12.1. The van der Waals surface area contributed by atoms with E-state index in [1.165, 1.54) is 32.4 Å². The van der Waals surface area contributed by atoms with E-state index >= 15 is 0 Å². The first-order chi connectivity index (χ1) is 9.92. The highest BCUT2D eigenvalue weighted by Crippen LogP contribution is 2.29. The van der Waals surface area contributed by atoms with Crippen molar-refractivity contribution in [3.63, 3.8) is 0 Å². The summed E-state index contributed by atoms with van der Waals surface area (Å²) in [5.41, 5.74) is -0.404. The minimum Gasteiger partial charge on any atom is -0.444 e. The Morgan fingerprint density at radius 3 is 2.71 bits per heavy atom. The molecular weight excluding hydrogens is 266 g/mol. The predicted octanol–water partition coefficient (Wildman–Crippen LogP) is 1.82. The molecule has 1 amide bonds. The lowest BCUT2D eigenvalue weighted by Gasteiger charge is -2.26. The molecular formula is C16H29N3O2. The summed E-state index contributed by atoms with van der Waals surface area (Å²) in [6, 6.07) is 1.79. The molecule has 0 aromatic heterocycles. The molecule has 5 nitrogen and oxygen atoms in total. The van der Waals surface area contributed by atoms with Gasteiger partial charge in [-0.2, -0.15) is 0 Å². The summed E-state index contributed by atoms with van der Waals surface area (Å²) in [4.78, 5) is 16.6. The van der Waals surface area contributed by atoms with Crippen LogP contribution < -0.4 is 5.32 Å². The van der Waals surface area contributed by atoms with Gasteiger partial charge in [0, 0.05) is 37.8 Å². The third-order valence-corrected chi connectivity index (χ3v) is 4.90. The first-order valence-electron chi connectivity index (χ1n) is 8.40. The first kappa shape index (κ1) is 15.1. The molecule has 21 heavy (non-hydrogen) atoms. The van der Waals surface area contributed by atoms with E-state index in [0.717, 1.165) is 25.6 Å². The molecule has 5 heteroatoms. The molecule has 0 radical (unpaired) electrons. The normalized spacial score (nSPS) is 33.5. The number of hydrogen-bond donors (Lipinski definition) is 1. The quantitative estimate of drug-likeness (QED) is 0.844. The van der Waals surface area contributed by atoms with E-state index in [2.05, 4.69) is 10.2 Å². The van der Waals surface area contributed by atoms with Gasteiger partial charge in [0.25, 0.3) is 0 Å². The van der Waals surface area contributed by atoms with E-state index in [-0.39, 0.29) is 6.09 Å². The van der Waals surface area contributed by atoms with E-state index in [1.54, 1.807) is 0 Å². The number of ether oxygens (including phenoxy) is 1. The Hall–Kier alpha value is -0.810. The van der Waals surface area contributed by atoms with Crippen LogP contribution in [0.1, 0.15) is 46.5 Å². The van der Waals surface area contributed by atoms with Crippen LogP contribution in [0.5, 0.6) is 0 Å². The average Bonchev–Trinajstić information content (AvgIpc) is 3.05. The minimum atomic E-state index is -0.404. The van der Waals surface area contributed by atoms with Gasteiger partial charge >= 0.3 is 6.09 Å². The smallest absolute Gasteiger partial charge is 0.410 e. The third kappa shape index (κ3) is 3.51. The molecule has 0 aromatic rings. The second-order valence-electron chi connectivity index (χ2n) is 7.72. The summed E-state index contributed by atoms with van der Waals surface area (Å²) in [6.07, 6.45) is 4.81. The lowest BCUT2D eigenvalue weighted by molar-refractivity contribution is 0.0290. The second-order valence-corrected chi connectivity index (χ2v) is 7.72. The molecule has 3 rings (SSSR count). The van der Waals surface area contributed by atoms with Crippen LogP contribution >= 0.6 is 0 Å². The summed E-state index contributed by atoms with van der Waals surface area (Å²) >= 11 is 0. The number of amides is 1. The van der Waals surface area contributed by atoms with Gasteiger partial charge in [0.2, 0.25) is 0 Å². The van der Waals surface area contributed by atoms with Crippen LogP contribution in [0.15, 0.2) is 0 Å². The zero-order valence-electron chi connectivity index (χ0n) is 13.6. The maximum Gasteiger partial charge on any atom is 0.410 e. The van der Waals surface area contributed by atoms with Gasteiger partial charge in [-0.1, -0.05) is 0 Å². The van der Waals surface area contributed by atoms with Crippen LogP contribution in [0, 0.1) is 0 Å². The molecule has 3 unspecified atom stereocenters. The highest BCUT2D eigenvalue weighted by atomic mass is 16.6. The molecule has 1 N–H and O–H groups in total. The summed E-state index contributed by atoms with van der Waals surface area (Å²) < 4.78 is 5.46. The predicted molar refractivity (Wildman–Crippen MR) is 82.3 cm³/mol. The van der Waals surface area contributed by atoms with Crippen molar-refractivity contribution in [2.24, 2.45) is 0 Å². The molecule has 0 saturated carbocycles. The molecule has 0 aromatic carbocycles. The molecule has 120 valence electrons. The minimum absolute atomic E-state index is 0.166. The Kier molecular flexibility index (Phi) is 4.14. The SMILES string of the molecule is CC(C)(C)OC(=O)N1CCC(NC2CCN3CCCC23)C1. The van der Waals surface area contributed by atoms with Crippen LogP contribution in [-0.2, 0) is 4.74 Å². The molecule has 3 heterocycles. The standard InChI is InChI=1S/C16H29N3O2/c1-16(2,3)21-15(20)19-9-6-12(11-19)17-13-7-10-18-8-4-5-14(13)18/h12-14,17H,4-11H2,1-3H3. The molecule has 0 aliphatic carbocycles. The van der Waals surface area contributed by atoms with Gasteiger partial charge in [-0.05, 0) is 53.0 Å². The summed E-state index contributed by atoms with van der Waals surface area (Å²) in [5.74, 6) is 0. The fourth-order valence-corrected chi connectivity index (χ4v) is 3.97. The number of nitrogens with one attached hydrogen (secondary N) is 1. The van der Waals surface area contributed by atoms with Gasteiger partial charge < -0.3 is 15.0 Å². The molecule has 3 saturated heterocycles. The highest BCUT2D eigenvalue weighted by molar-refractivity contribution is 5.68. The number of nitrogens with zero attached hydrogens (tertiary/aromatic N) is 2. The van der Waals surface area contributed by atoms with Gasteiger partial charge in [-0.3, -0.25) is 4.90 Å². The van der Waals surface area contributed by atoms with Gasteiger partial charge in [0.15, 0.2) is 0 Å². The summed E-state index contributed by atoms with van der Waals surface area (Å²) in [6.45, 7) is 9.88. The van der Waals surface area contributed by atoms with Crippen LogP contribution in [0.3, 0.4) is 0 Å². The van der Waals surface area contributed by atoms with Crippen molar-refractivity contribution < 1.29 is 9.53 Å². The van der Waals surface area contributed by atoms with Crippen molar-refractivity contribution in [3.8, 4) is 0 Å². The zero-order chi connectivity index (χ0) is 15.0. The number of hydrogen-bond acceptors (Lipinski definition) is 4. The Morgan fingerprint density at radius 2 is 1.95 bits per heavy atom. The number of carbonyl (C=O) groups excluding carboxylic acids is 1. The van der Waals surface area contributed by atoms with Gasteiger partial charge in [-0.15, -0.1) is 0 Å². The number of fused-ring (bicyclic) bond motifs is 1. The van der Waals surface area contributed by atoms with Crippen LogP contribution in [0.4, 0.5) is 4.79 Å². The first-order valence-corrected chi connectivity index (χ1v) is 8.40. The van der Waals surface area contributed by atoms with Crippen molar-refractivity contribution >= 4 is 6.09 Å². The van der Waals surface area contributed by atoms with E-state index in [1.807, 2.05) is 25.7 Å². The van der Waals surface area contributed by atoms with Crippen LogP contribution in [-0.4, -0.2) is 65.8 Å².